The number of hydrogen-bond acceptors (Lipinski definition) is 2. The van der Waals surface area contributed by atoms with Gasteiger partial charge in [-0.15, -0.1) is 0 Å². The molecule has 1 unspecified atom stereocenters. The molecule has 0 aromatic heterocycles. The minimum absolute atomic E-state index is 0.367. The third-order valence-corrected chi connectivity index (χ3v) is 2.98. The van der Waals surface area contributed by atoms with E-state index in [9.17, 15) is 5.11 Å². The maximum atomic E-state index is 9.67. The molecule has 2 nitrogen and oxygen atoms in total. The molecular weight excluding hydrogens is 174 g/mol. The Bertz CT molecular complexity index is 177. The van der Waals surface area contributed by atoms with Crippen LogP contribution < -0.4 is 5.73 Å². The van der Waals surface area contributed by atoms with Crippen LogP contribution in [0.15, 0.2) is 11.6 Å². The number of allylic oxidation sites excluding steroid dienone is 1. The van der Waals surface area contributed by atoms with Crippen LogP contribution in [-0.2, 0) is 0 Å². The zero-order valence-electron chi connectivity index (χ0n) is 9.04. The maximum absolute atomic E-state index is 9.67. The Labute approximate surface area is 87.2 Å². The Morgan fingerprint density at radius 2 is 1.79 bits per heavy atom. The third-order valence-electron chi connectivity index (χ3n) is 2.98. The topological polar surface area (TPSA) is 46.2 Å². The van der Waals surface area contributed by atoms with Crippen molar-refractivity contribution < 1.29 is 5.11 Å². The van der Waals surface area contributed by atoms with Crippen molar-refractivity contribution in [3.63, 3.8) is 0 Å². The fourth-order valence-electron chi connectivity index (χ4n) is 2.02. The molecule has 0 saturated carbocycles. The molecule has 1 aliphatic rings. The molecule has 2 heteroatoms. The van der Waals surface area contributed by atoms with E-state index < -0.39 is 6.10 Å². The Kier molecular flexibility index (Phi) is 5.88. The Hall–Kier alpha value is -0.340. The summed E-state index contributed by atoms with van der Waals surface area (Å²) in [6, 6.07) is 0. The summed E-state index contributed by atoms with van der Waals surface area (Å²) < 4.78 is 0. The van der Waals surface area contributed by atoms with Gasteiger partial charge < -0.3 is 10.8 Å². The molecule has 0 aromatic carbocycles. The van der Waals surface area contributed by atoms with E-state index >= 15 is 0 Å². The van der Waals surface area contributed by atoms with Gasteiger partial charge in [-0.05, 0) is 31.3 Å². The number of nitrogens with two attached hydrogens (primary N) is 1. The molecule has 82 valence electrons. The molecule has 0 fully saturated rings. The predicted octanol–water partition coefficient (Wildman–Crippen LogP) is 2.37. The number of aliphatic hydroxyl groups excluding tert-OH is 1. The Balaban J connectivity index is 2.45. The highest BCUT2D eigenvalue weighted by Gasteiger charge is 2.08. The lowest BCUT2D eigenvalue weighted by Gasteiger charge is -2.14. The summed E-state index contributed by atoms with van der Waals surface area (Å²) in [7, 11) is 0. The first-order valence-corrected chi connectivity index (χ1v) is 5.91. The van der Waals surface area contributed by atoms with Gasteiger partial charge in [0.15, 0.2) is 0 Å². The van der Waals surface area contributed by atoms with Crippen LogP contribution in [0.2, 0.25) is 0 Å². The standard InChI is InChI=1S/C12H23NO/c13-10-12(14)11-8-6-4-2-1-3-5-7-9-11/h8,12,14H,1-7,9-10,13H2/b11-8+. The molecular formula is C12H23NO. The van der Waals surface area contributed by atoms with Crippen LogP contribution in [0.3, 0.4) is 0 Å². The van der Waals surface area contributed by atoms with Crippen molar-refractivity contribution in [3.05, 3.63) is 11.6 Å². The minimum Gasteiger partial charge on any atom is -0.387 e. The minimum atomic E-state index is -0.394. The van der Waals surface area contributed by atoms with Crippen molar-refractivity contribution >= 4 is 0 Å². The zero-order valence-corrected chi connectivity index (χ0v) is 9.04. The lowest BCUT2D eigenvalue weighted by atomic mass is 9.97. The first-order valence-electron chi connectivity index (χ1n) is 5.91. The molecule has 1 rings (SSSR count). The van der Waals surface area contributed by atoms with Crippen LogP contribution in [0.4, 0.5) is 0 Å². The third kappa shape index (κ3) is 4.25. The molecule has 0 aromatic rings. The molecule has 0 aliphatic heterocycles. The van der Waals surface area contributed by atoms with Crippen LogP contribution in [-0.4, -0.2) is 17.8 Å². The highest BCUT2D eigenvalue weighted by Crippen LogP contribution is 2.18. The molecule has 0 saturated heterocycles. The second-order valence-corrected chi connectivity index (χ2v) is 4.19. The number of rotatable bonds is 2. The predicted molar refractivity (Wildman–Crippen MR) is 60.1 cm³/mol. The highest BCUT2D eigenvalue weighted by atomic mass is 16.3. The summed E-state index contributed by atoms with van der Waals surface area (Å²) in [6.45, 7) is 0.367. The lowest BCUT2D eigenvalue weighted by Crippen LogP contribution is -2.22. The Morgan fingerprint density at radius 1 is 1.14 bits per heavy atom. The first kappa shape index (κ1) is 11.7. The molecule has 0 amide bonds. The quantitative estimate of drug-likeness (QED) is 0.668. The van der Waals surface area contributed by atoms with Crippen LogP contribution in [0.25, 0.3) is 0 Å². The average molecular weight is 197 g/mol. The monoisotopic (exact) mass is 197 g/mol. The molecule has 0 radical (unpaired) electrons. The van der Waals surface area contributed by atoms with E-state index in [0.717, 1.165) is 12.8 Å². The molecule has 1 aliphatic carbocycles. The summed E-state index contributed by atoms with van der Waals surface area (Å²) in [6.07, 6.45) is 11.8. The smallest absolute Gasteiger partial charge is 0.0872 e. The van der Waals surface area contributed by atoms with E-state index in [-0.39, 0.29) is 0 Å². The fraction of sp³-hybridized carbons (Fsp3) is 0.833. The van der Waals surface area contributed by atoms with Gasteiger partial charge >= 0.3 is 0 Å². The van der Waals surface area contributed by atoms with Gasteiger partial charge in [0.25, 0.3) is 0 Å². The van der Waals surface area contributed by atoms with Gasteiger partial charge in [-0.25, -0.2) is 0 Å². The number of hydrogen-bond donors (Lipinski definition) is 2. The highest BCUT2D eigenvalue weighted by molar-refractivity contribution is 5.08. The van der Waals surface area contributed by atoms with Crippen LogP contribution >= 0.6 is 0 Å². The lowest BCUT2D eigenvalue weighted by molar-refractivity contribution is 0.213. The van der Waals surface area contributed by atoms with Gasteiger partial charge in [-0.3, -0.25) is 0 Å². The van der Waals surface area contributed by atoms with Gasteiger partial charge in [0, 0.05) is 6.54 Å². The van der Waals surface area contributed by atoms with Crippen molar-refractivity contribution in [2.24, 2.45) is 5.73 Å². The summed E-state index contributed by atoms with van der Waals surface area (Å²) in [5, 5.41) is 9.67. The van der Waals surface area contributed by atoms with Crippen LogP contribution in [0.5, 0.6) is 0 Å². The van der Waals surface area contributed by atoms with Gasteiger partial charge in [0.1, 0.15) is 0 Å². The summed E-state index contributed by atoms with van der Waals surface area (Å²) in [5.41, 5.74) is 6.65. The molecule has 0 heterocycles. The van der Waals surface area contributed by atoms with Gasteiger partial charge in [-0.1, -0.05) is 31.8 Å². The second kappa shape index (κ2) is 7.02. The first-order chi connectivity index (χ1) is 6.84. The summed E-state index contributed by atoms with van der Waals surface area (Å²) in [4.78, 5) is 0. The summed E-state index contributed by atoms with van der Waals surface area (Å²) in [5.74, 6) is 0. The van der Waals surface area contributed by atoms with Crippen LogP contribution in [0, 0.1) is 0 Å². The van der Waals surface area contributed by atoms with Crippen molar-refractivity contribution in [2.75, 3.05) is 6.54 Å². The van der Waals surface area contributed by atoms with E-state index in [0.29, 0.717) is 6.54 Å². The van der Waals surface area contributed by atoms with Gasteiger partial charge in [0.2, 0.25) is 0 Å². The van der Waals surface area contributed by atoms with E-state index in [1.54, 1.807) is 0 Å². The SMILES string of the molecule is NCC(O)/C1=C/CCCCCCCC1. The van der Waals surface area contributed by atoms with Gasteiger partial charge in [0.05, 0.1) is 6.10 Å². The van der Waals surface area contributed by atoms with E-state index in [1.807, 2.05) is 0 Å². The molecule has 0 bridgehead atoms. The molecule has 14 heavy (non-hydrogen) atoms. The van der Waals surface area contributed by atoms with Crippen molar-refractivity contribution in [2.45, 2.75) is 57.5 Å². The largest absolute Gasteiger partial charge is 0.387 e. The second-order valence-electron chi connectivity index (χ2n) is 4.19. The summed E-state index contributed by atoms with van der Waals surface area (Å²) >= 11 is 0. The average Bonchev–Trinajstić information content (AvgIpc) is 2.24. The van der Waals surface area contributed by atoms with E-state index in [1.165, 1.54) is 44.1 Å². The normalized spacial score (nSPS) is 26.3. The number of aliphatic hydroxyl groups is 1. The molecule has 3 N–H and O–H groups in total. The van der Waals surface area contributed by atoms with Crippen LogP contribution in [0.1, 0.15) is 51.4 Å². The van der Waals surface area contributed by atoms with E-state index in [2.05, 4.69) is 6.08 Å². The van der Waals surface area contributed by atoms with Crippen molar-refractivity contribution in [1.29, 1.82) is 0 Å². The maximum Gasteiger partial charge on any atom is 0.0872 e. The van der Waals surface area contributed by atoms with Gasteiger partial charge in [-0.2, -0.15) is 0 Å². The van der Waals surface area contributed by atoms with E-state index in [4.69, 9.17) is 5.73 Å². The Morgan fingerprint density at radius 3 is 2.50 bits per heavy atom. The fourth-order valence-corrected chi connectivity index (χ4v) is 2.02. The molecule has 1 atom stereocenters. The van der Waals surface area contributed by atoms with Crippen molar-refractivity contribution in [1.82, 2.24) is 0 Å². The van der Waals surface area contributed by atoms with Crippen molar-refractivity contribution in [3.8, 4) is 0 Å². The molecule has 0 spiro atoms. The zero-order chi connectivity index (χ0) is 10.2.